The van der Waals surface area contributed by atoms with E-state index in [9.17, 15) is 4.79 Å². The maximum atomic E-state index is 11.2. The lowest BCUT2D eigenvalue weighted by atomic mass is 10.2. The zero-order valence-corrected chi connectivity index (χ0v) is 10.0. The first kappa shape index (κ1) is 12.3. The lowest BCUT2D eigenvalue weighted by Gasteiger charge is -2.04. The quantitative estimate of drug-likeness (QED) is 0.735. The molecule has 3 nitrogen and oxygen atoms in total. The van der Waals surface area contributed by atoms with E-state index in [4.69, 9.17) is 9.15 Å². The molecule has 1 aromatic heterocycles. The van der Waals surface area contributed by atoms with E-state index in [-0.39, 0.29) is 0 Å². The van der Waals surface area contributed by atoms with Crippen molar-refractivity contribution in [2.45, 2.75) is 20.8 Å². The molecular formula is C13H16O3. The van der Waals surface area contributed by atoms with Crippen LogP contribution in [0.3, 0.4) is 0 Å². The maximum absolute atomic E-state index is 11.2. The molecule has 1 heterocycles. The summed E-state index contributed by atoms with van der Waals surface area (Å²) in [5, 5.41) is 0. The summed E-state index contributed by atoms with van der Waals surface area (Å²) in [7, 11) is 1.53. The minimum absolute atomic E-state index is 0.403. The van der Waals surface area contributed by atoms with Crippen LogP contribution in [0.25, 0.3) is 6.08 Å². The van der Waals surface area contributed by atoms with Crippen LogP contribution in [0.15, 0.2) is 33.0 Å². The molecule has 1 aromatic rings. The molecule has 0 aliphatic heterocycles. The summed E-state index contributed by atoms with van der Waals surface area (Å²) in [5.74, 6) is 1.08. The van der Waals surface area contributed by atoms with E-state index in [0.29, 0.717) is 11.5 Å². The Hall–Kier alpha value is -1.77. The van der Waals surface area contributed by atoms with Crippen molar-refractivity contribution in [3.05, 3.63) is 45.5 Å². The topological polar surface area (TPSA) is 39.4 Å². The van der Waals surface area contributed by atoms with Crippen molar-refractivity contribution < 1.29 is 9.15 Å². The third kappa shape index (κ3) is 2.86. The van der Waals surface area contributed by atoms with Gasteiger partial charge in [0, 0.05) is 5.56 Å². The highest BCUT2D eigenvalue weighted by Crippen LogP contribution is 2.19. The fourth-order valence-corrected chi connectivity index (χ4v) is 1.23. The minimum Gasteiger partial charge on any atom is -0.496 e. The summed E-state index contributed by atoms with van der Waals surface area (Å²) in [4.78, 5) is 11.2. The highest BCUT2D eigenvalue weighted by molar-refractivity contribution is 5.53. The molecule has 0 fully saturated rings. The summed E-state index contributed by atoms with van der Waals surface area (Å²) < 4.78 is 10.2. The Morgan fingerprint density at radius 3 is 2.75 bits per heavy atom. The van der Waals surface area contributed by atoms with E-state index in [1.165, 1.54) is 13.2 Å². The molecule has 0 saturated carbocycles. The van der Waals surface area contributed by atoms with E-state index >= 15 is 0 Å². The van der Waals surface area contributed by atoms with Crippen molar-refractivity contribution in [1.82, 2.24) is 0 Å². The van der Waals surface area contributed by atoms with Gasteiger partial charge in [-0.15, -0.1) is 0 Å². The molecule has 3 heteroatoms. The van der Waals surface area contributed by atoms with Crippen LogP contribution in [0.5, 0.6) is 5.75 Å². The van der Waals surface area contributed by atoms with E-state index in [2.05, 4.69) is 0 Å². The molecule has 0 amide bonds. The van der Waals surface area contributed by atoms with Crippen LogP contribution in [0.4, 0.5) is 0 Å². The van der Waals surface area contributed by atoms with Gasteiger partial charge in [-0.2, -0.15) is 0 Å². The van der Waals surface area contributed by atoms with Gasteiger partial charge in [-0.3, -0.25) is 0 Å². The maximum Gasteiger partial charge on any atom is 0.339 e. The van der Waals surface area contributed by atoms with Crippen LogP contribution in [0, 0.1) is 6.92 Å². The Morgan fingerprint density at radius 1 is 1.50 bits per heavy atom. The standard InChI is InChI=1S/C13H16O3/c1-5-9(2)6-7-11-10(3)12(15-4)8-13(14)16-11/h5-8H,1-4H3. The van der Waals surface area contributed by atoms with E-state index in [1.54, 1.807) is 6.08 Å². The molecule has 0 saturated heterocycles. The average Bonchev–Trinajstić information content (AvgIpc) is 2.29. The van der Waals surface area contributed by atoms with Gasteiger partial charge in [0.15, 0.2) is 0 Å². The predicted molar refractivity (Wildman–Crippen MR) is 64.7 cm³/mol. The van der Waals surface area contributed by atoms with Gasteiger partial charge < -0.3 is 9.15 Å². The van der Waals surface area contributed by atoms with Gasteiger partial charge in [0.1, 0.15) is 11.5 Å². The van der Waals surface area contributed by atoms with E-state index < -0.39 is 5.63 Å². The largest absolute Gasteiger partial charge is 0.496 e. The molecule has 0 atom stereocenters. The number of rotatable bonds is 3. The van der Waals surface area contributed by atoms with Crippen LogP contribution in [0.2, 0.25) is 0 Å². The molecule has 0 unspecified atom stereocenters. The number of ether oxygens (including phenoxy) is 1. The number of hydrogen-bond acceptors (Lipinski definition) is 3. The fraction of sp³-hybridized carbons (Fsp3) is 0.308. The normalized spacial score (nSPS) is 12.1. The summed E-state index contributed by atoms with van der Waals surface area (Å²) in [6.45, 7) is 5.78. The minimum atomic E-state index is -0.403. The van der Waals surface area contributed by atoms with Gasteiger partial charge in [-0.25, -0.2) is 4.79 Å². The predicted octanol–water partition coefficient (Wildman–Crippen LogP) is 2.94. The second-order valence-corrected chi connectivity index (χ2v) is 3.49. The van der Waals surface area contributed by atoms with Gasteiger partial charge in [0.25, 0.3) is 0 Å². The zero-order chi connectivity index (χ0) is 12.1. The van der Waals surface area contributed by atoms with Crippen LogP contribution in [-0.4, -0.2) is 7.11 Å². The molecule has 0 radical (unpaired) electrons. The van der Waals surface area contributed by atoms with Crippen LogP contribution in [-0.2, 0) is 0 Å². The lowest BCUT2D eigenvalue weighted by Crippen LogP contribution is -2.02. The van der Waals surface area contributed by atoms with Gasteiger partial charge in [-0.05, 0) is 26.8 Å². The van der Waals surface area contributed by atoms with Gasteiger partial charge in [0.2, 0.25) is 0 Å². The number of hydrogen-bond donors (Lipinski definition) is 0. The Labute approximate surface area is 95.1 Å². The Bertz CT molecular complexity index is 478. The van der Waals surface area contributed by atoms with E-state index in [0.717, 1.165) is 11.1 Å². The summed E-state index contributed by atoms with van der Waals surface area (Å²) >= 11 is 0. The first-order valence-electron chi connectivity index (χ1n) is 5.08. The van der Waals surface area contributed by atoms with Crippen molar-refractivity contribution in [3.8, 4) is 5.75 Å². The second kappa shape index (κ2) is 5.35. The SMILES string of the molecule is CC=C(C)C=Cc1oc(=O)cc(OC)c1C. The molecule has 0 aliphatic carbocycles. The van der Waals surface area contributed by atoms with Crippen molar-refractivity contribution in [1.29, 1.82) is 0 Å². The Kier molecular flexibility index (Phi) is 4.11. The van der Waals surface area contributed by atoms with Gasteiger partial charge >= 0.3 is 5.63 Å². The molecule has 0 bridgehead atoms. The monoisotopic (exact) mass is 220 g/mol. The van der Waals surface area contributed by atoms with Crippen molar-refractivity contribution in [2.24, 2.45) is 0 Å². The van der Waals surface area contributed by atoms with Crippen LogP contribution in [0.1, 0.15) is 25.2 Å². The smallest absolute Gasteiger partial charge is 0.339 e. The second-order valence-electron chi connectivity index (χ2n) is 3.49. The molecule has 0 aromatic carbocycles. The molecule has 0 aliphatic rings. The first-order valence-corrected chi connectivity index (χ1v) is 5.08. The molecule has 1 rings (SSSR count). The van der Waals surface area contributed by atoms with Crippen molar-refractivity contribution in [3.63, 3.8) is 0 Å². The van der Waals surface area contributed by atoms with Crippen molar-refractivity contribution in [2.75, 3.05) is 7.11 Å². The lowest BCUT2D eigenvalue weighted by molar-refractivity contribution is 0.396. The van der Waals surface area contributed by atoms with Gasteiger partial charge in [-0.1, -0.05) is 17.7 Å². The molecule has 0 spiro atoms. The Balaban J connectivity index is 3.19. The average molecular weight is 220 g/mol. The molecule has 16 heavy (non-hydrogen) atoms. The first-order chi connectivity index (χ1) is 7.58. The zero-order valence-electron chi connectivity index (χ0n) is 10.0. The highest BCUT2D eigenvalue weighted by atomic mass is 16.5. The van der Waals surface area contributed by atoms with Crippen LogP contribution >= 0.6 is 0 Å². The third-order valence-electron chi connectivity index (χ3n) is 2.37. The highest BCUT2D eigenvalue weighted by Gasteiger charge is 2.06. The molecule has 0 N–H and O–H groups in total. The number of allylic oxidation sites excluding steroid dienone is 3. The third-order valence-corrected chi connectivity index (χ3v) is 2.37. The Morgan fingerprint density at radius 2 is 2.19 bits per heavy atom. The van der Waals surface area contributed by atoms with Gasteiger partial charge in [0.05, 0.1) is 13.2 Å². The molecular weight excluding hydrogens is 204 g/mol. The summed E-state index contributed by atoms with van der Waals surface area (Å²) in [5.41, 5.74) is 1.52. The molecule has 86 valence electrons. The summed E-state index contributed by atoms with van der Waals surface area (Å²) in [6, 6.07) is 1.34. The van der Waals surface area contributed by atoms with Crippen LogP contribution < -0.4 is 10.4 Å². The van der Waals surface area contributed by atoms with E-state index in [1.807, 2.05) is 32.9 Å². The number of methoxy groups -OCH3 is 1. The van der Waals surface area contributed by atoms with Crippen molar-refractivity contribution >= 4 is 6.08 Å². The summed E-state index contributed by atoms with van der Waals surface area (Å²) in [6.07, 6.45) is 5.64. The fourth-order valence-electron chi connectivity index (χ4n) is 1.23.